The van der Waals surface area contributed by atoms with Crippen LogP contribution in [0.2, 0.25) is 0 Å². The van der Waals surface area contributed by atoms with Crippen molar-refractivity contribution >= 4 is 113 Å². The van der Waals surface area contributed by atoms with Crippen molar-refractivity contribution in [2.24, 2.45) is 0 Å². The van der Waals surface area contributed by atoms with E-state index in [1.807, 2.05) is 34.8 Å². The topological polar surface area (TPSA) is 16.4 Å². The van der Waals surface area contributed by atoms with Crippen molar-refractivity contribution in [3.05, 3.63) is 164 Å². The first-order valence-corrected chi connectivity index (χ1v) is 18.5. The molecular weight excluding hydrogens is 647 g/mol. The van der Waals surface area contributed by atoms with Crippen molar-refractivity contribution in [2.75, 3.05) is 4.90 Å². The lowest BCUT2D eigenvalue weighted by Crippen LogP contribution is -2.09. The van der Waals surface area contributed by atoms with Gasteiger partial charge in [0.15, 0.2) is 0 Å². The van der Waals surface area contributed by atoms with Crippen LogP contribution in [0.25, 0.3) is 84.2 Å². The molecule has 50 heavy (non-hydrogen) atoms. The summed E-state index contributed by atoms with van der Waals surface area (Å²) in [5.74, 6) is 0. The number of nitrogens with zero attached hydrogens (tertiary/aromatic N) is 1. The molecule has 0 spiro atoms. The molecule has 3 aromatic heterocycles. The first-order chi connectivity index (χ1) is 24.8. The van der Waals surface area contributed by atoms with Crippen molar-refractivity contribution in [3.63, 3.8) is 0 Å². The van der Waals surface area contributed by atoms with Crippen LogP contribution in [0.5, 0.6) is 0 Å². The summed E-state index contributed by atoms with van der Waals surface area (Å²) >= 11 is 3.75. The fourth-order valence-electron chi connectivity index (χ4n) is 7.70. The van der Waals surface area contributed by atoms with E-state index in [4.69, 9.17) is 4.42 Å². The van der Waals surface area contributed by atoms with Crippen LogP contribution in [0.3, 0.4) is 0 Å². The van der Waals surface area contributed by atoms with Crippen molar-refractivity contribution in [3.8, 4) is 11.1 Å². The van der Waals surface area contributed by atoms with E-state index in [0.29, 0.717) is 0 Å². The Morgan fingerprint density at radius 3 is 1.96 bits per heavy atom. The van der Waals surface area contributed by atoms with Gasteiger partial charge in [0.1, 0.15) is 11.2 Å². The third kappa shape index (κ3) is 4.19. The quantitative estimate of drug-likeness (QED) is 0.185. The van der Waals surface area contributed by atoms with Gasteiger partial charge in [0.05, 0.1) is 0 Å². The van der Waals surface area contributed by atoms with Crippen molar-refractivity contribution in [1.82, 2.24) is 0 Å². The Morgan fingerprint density at radius 1 is 0.380 bits per heavy atom. The molecule has 234 valence electrons. The molecule has 0 aliphatic rings. The zero-order chi connectivity index (χ0) is 32.8. The van der Waals surface area contributed by atoms with Gasteiger partial charge in [-0.25, -0.2) is 0 Å². The highest BCUT2D eigenvalue weighted by Gasteiger charge is 2.18. The van der Waals surface area contributed by atoms with Crippen LogP contribution in [0.1, 0.15) is 0 Å². The number of fused-ring (bicyclic) bond motifs is 11. The van der Waals surface area contributed by atoms with Gasteiger partial charge in [-0.15, -0.1) is 22.7 Å². The number of rotatable bonds is 4. The van der Waals surface area contributed by atoms with Gasteiger partial charge in [0, 0.05) is 74.2 Å². The molecule has 0 saturated heterocycles. The van der Waals surface area contributed by atoms with E-state index in [1.165, 1.54) is 62.2 Å². The summed E-state index contributed by atoms with van der Waals surface area (Å²) in [6.07, 6.45) is 0. The average molecular weight is 674 g/mol. The maximum Gasteiger partial charge on any atom is 0.137 e. The van der Waals surface area contributed by atoms with E-state index >= 15 is 0 Å². The molecule has 0 amide bonds. The second-order valence-corrected chi connectivity index (χ2v) is 15.0. The average Bonchev–Trinajstić information content (AvgIpc) is 3.86. The number of furan rings is 1. The zero-order valence-electron chi connectivity index (χ0n) is 26.8. The maximum absolute atomic E-state index is 6.38. The van der Waals surface area contributed by atoms with Crippen LogP contribution in [-0.2, 0) is 0 Å². The first kappa shape index (κ1) is 28.0. The van der Waals surface area contributed by atoms with Gasteiger partial charge in [-0.2, -0.15) is 0 Å². The molecule has 0 fully saturated rings. The van der Waals surface area contributed by atoms with Crippen LogP contribution in [0.4, 0.5) is 17.1 Å². The third-order valence-electron chi connectivity index (χ3n) is 10.1. The van der Waals surface area contributed by atoms with Crippen molar-refractivity contribution < 1.29 is 4.42 Å². The number of hydrogen-bond acceptors (Lipinski definition) is 4. The number of thiophene rings is 2. The molecular formula is C46H27NOS2. The van der Waals surface area contributed by atoms with E-state index in [-0.39, 0.29) is 0 Å². The van der Waals surface area contributed by atoms with Gasteiger partial charge in [-0.3, -0.25) is 0 Å². The number of para-hydroxylation sites is 1. The highest BCUT2D eigenvalue weighted by molar-refractivity contribution is 7.27. The molecule has 0 aliphatic heterocycles. The molecule has 0 bridgehead atoms. The molecule has 0 atom stereocenters. The fraction of sp³-hybridized carbons (Fsp3) is 0. The Bertz CT molecular complexity index is 3110. The molecule has 11 rings (SSSR count). The molecule has 4 heteroatoms. The minimum Gasteiger partial charge on any atom is -0.456 e. The molecule has 0 N–H and O–H groups in total. The predicted molar refractivity (Wildman–Crippen MR) is 217 cm³/mol. The molecule has 3 heterocycles. The van der Waals surface area contributed by atoms with Gasteiger partial charge in [0.25, 0.3) is 0 Å². The number of anilines is 3. The van der Waals surface area contributed by atoms with Crippen LogP contribution in [0, 0.1) is 0 Å². The lowest BCUT2D eigenvalue weighted by Gasteiger charge is -2.26. The molecule has 8 aromatic carbocycles. The van der Waals surface area contributed by atoms with Crippen LogP contribution >= 0.6 is 22.7 Å². The molecule has 0 saturated carbocycles. The largest absolute Gasteiger partial charge is 0.456 e. The van der Waals surface area contributed by atoms with Gasteiger partial charge in [-0.1, -0.05) is 103 Å². The molecule has 0 unspecified atom stereocenters. The van der Waals surface area contributed by atoms with E-state index < -0.39 is 0 Å². The number of hydrogen-bond donors (Lipinski definition) is 0. The van der Waals surface area contributed by atoms with Crippen molar-refractivity contribution in [1.29, 1.82) is 0 Å². The van der Waals surface area contributed by atoms with Gasteiger partial charge in [-0.05, 0) is 76.5 Å². The van der Waals surface area contributed by atoms with Gasteiger partial charge >= 0.3 is 0 Å². The second kappa shape index (κ2) is 10.8. The van der Waals surface area contributed by atoms with Crippen LogP contribution < -0.4 is 4.90 Å². The standard InChI is InChI=1S/C46H27NOS2/c1-2-9-33-28(8-1)18-23-39-38-13-7-12-34(45(38)50-46(33)39)29-16-19-30(20-17-29)47(31-22-25-44-40(26-31)37-11-4-6-15-43(37)49-44)32-21-24-36-35-10-3-5-14-41(35)48-42(36)27-32/h1-27H. The fourth-order valence-corrected chi connectivity index (χ4v) is 10.2. The third-order valence-corrected chi connectivity index (χ3v) is 12.5. The van der Waals surface area contributed by atoms with Crippen LogP contribution in [0.15, 0.2) is 168 Å². The SMILES string of the molecule is c1ccc2c(c1)ccc1c3cccc(-c4ccc(N(c5ccc6c(c5)oc5ccccc56)c5ccc6sc7ccccc7c6c5)cc4)c3sc21. The molecule has 11 aromatic rings. The number of benzene rings is 8. The summed E-state index contributed by atoms with van der Waals surface area (Å²) in [6, 6.07) is 59.5. The summed E-state index contributed by atoms with van der Waals surface area (Å²) in [4.78, 5) is 2.36. The summed E-state index contributed by atoms with van der Waals surface area (Å²) in [7, 11) is 0. The van der Waals surface area contributed by atoms with E-state index in [2.05, 4.69) is 157 Å². The Morgan fingerprint density at radius 2 is 1.04 bits per heavy atom. The summed E-state index contributed by atoms with van der Waals surface area (Å²) < 4.78 is 11.7. The Labute approximate surface area is 295 Å². The predicted octanol–water partition coefficient (Wildman–Crippen LogP) is 14.6. The Kier molecular flexibility index (Phi) is 6.03. The maximum atomic E-state index is 6.38. The van der Waals surface area contributed by atoms with E-state index in [0.717, 1.165) is 39.0 Å². The summed E-state index contributed by atoms with van der Waals surface area (Å²) in [5, 5.41) is 10.1. The molecule has 0 radical (unpaired) electrons. The lowest BCUT2D eigenvalue weighted by molar-refractivity contribution is 0.669. The first-order valence-electron chi connectivity index (χ1n) is 16.8. The van der Waals surface area contributed by atoms with Gasteiger partial charge in [0.2, 0.25) is 0 Å². The monoisotopic (exact) mass is 673 g/mol. The van der Waals surface area contributed by atoms with Gasteiger partial charge < -0.3 is 9.32 Å². The zero-order valence-corrected chi connectivity index (χ0v) is 28.4. The minimum absolute atomic E-state index is 0.886. The van der Waals surface area contributed by atoms with E-state index in [9.17, 15) is 0 Å². The Balaban J connectivity index is 1.08. The van der Waals surface area contributed by atoms with Crippen molar-refractivity contribution in [2.45, 2.75) is 0 Å². The minimum atomic E-state index is 0.886. The highest BCUT2D eigenvalue weighted by atomic mass is 32.1. The van der Waals surface area contributed by atoms with E-state index in [1.54, 1.807) is 0 Å². The molecule has 0 aliphatic carbocycles. The van der Waals surface area contributed by atoms with Crippen LogP contribution in [-0.4, -0.2) is 0 Å². The smallest absolute Gasteiger partial charge is 0.137 e. The summed E-state index contributed by atoms with van der Waals surface area (Å²) in [6.45, 7) is 0. The highest BCUT2D eigenvalue weighted by Crippen LogP contribution is 2.45. The lowest BCUT2D eigenvalue weighted by atomic mass is 10.0. The summed E-state index contributed by atoms with van der Waals surface area (Å²) in [5.41, 5.74) is 7.53. The Hall–Kier alpha value is -5.94. The molecule has 2 nitrogen and oxygen atoms in total. The normalized spacial score (nSPS) is 12.0. The second-order valence-electron chi connectivity index (χ2n) is 12.9.